The summed E-state index contributed by atoms with van der Waals surface area (Å²) in [5, 5.41) is 5.11. The second-order valence-electron chi connectivity index (χ2n) is 6.81. The van der Waals surface area contributed by atoms with Crippen LogP contribution in [0.5, 0.6) is 0 Å². The number of halogens is 3. The standard InChI is InChI=1S/C21H21F3N2O3/c1-2-29-12-19(27)25-16-9-14(8-15(10-16)21(22,23)24)20(28)26-18-11-17(18)13-6-4-3-5-7-13/h3-10,17-18H,2,11-12H2,1H3,(H,25,27)(H,26,28)/t17-,18+/m0/s1. The van der Waals surface area contributed by atoms with Gasteiger partial charge in [-0.3, -0.25) is 9.59 Å². The summed E-state index contributed by atoms with van der Waals surface area (Å²) in [5.74, 6) is -1.06. The molecule has 0 aliphatic heterocycles. The first-order valence-electron chi connectivity index (χ1n) is 9.23. The molecule has 2 aromatic rings. The van der Waals surface area contributed by atoms with E-state index in [2.05, 4.69) is 10.6 Å². The quantitative estimate of drug-likeness (QED) is 0.731. The van der Waals surface area contributed by atoms with Crippen molar-refractivity contribution in [1.29, 1.82) is 0 Å². The van der Waals surface area contributed by atoms with Crippen molar-refractivity contribution in [2.45, 2.75) is 31.5 Å². The predicted octanol–water partition coefficient (Wildman–Crippen LogP) is 3.97. The number of hydrogen-bond donors (Lipinski definition) is 2. The van der Waals surface area contributed by atoms with Crippen LogP contribution < -0.4 is 10.6 Å². The molecular formula is C21H21F3N2O3. The van der Waals surface area contributed by atoms with E-state index < -0.39 is 23.6 Å². The Hall–Kier alpha value is -2.87. The Morgan fingerprint density at radius 2 is 1.86 bits per heavy atom. The van der Waals surface area contributed by atoms with Crippen LogP contribution in [0.15, 0.2) is 48.5 Å². The van der Waals surface area contributed by atoms with Crippen LogP contribution in [0.4, 0.5) is 18.9 Å². The van der Waals surface area contributed by atoms with E-state index in [1.807, 2.05) is 30.3 Å². The third kappa shape index (κ3) is 5.57. The van der Waals surface area contributed by atoms with Crippen molar-refractivity contribution in [3.05, 3.63) is 65.2 Å². The summed E-state index contributed by atoms with van der Waals surface area (Å²) >= 11 is 0. The van der Waals surface area contributed by atoms with Crippen LogP contribution in [0.2, 0.25) is 0 Å². The summed E-state index contributed by atoms with van der Waals surface area (Å²) in [6.07, 6.45) is -3.92. The van der Waals surface area contributed by atoms with Gasteiger partial charge in [-0.25, -0.2) is 0 Å². The number of ether oxygens (including phenoxy) is 1. The fourth-order valence-electron chi connectivity index (χ4n) is 3.06. The number of rotatable bonds is 7. The van der Waals surface area contributed by atoms with Gasteiger partial charge >= 0.3 is 6.18 Å². The minimum absolute atomic E-state index is 0.106. The Balaban J connectivity index is 1.74. The van der Waals surface area contributed by atoms with Crippen LogP contribution >= 0.6 is 0 Å². The molecule has 0 unspecified atom stereocenters. The Morgan fingerprint density at radius 3 is 2.52 bits per heavy atom. The monoisotopic (exact) mass is 406 g/mol. The molecule has 154 valence electrons. The molecule has 8 heteroatoms. The summed E-state index contributed by atoms with van der Waals surface area (Å²) in [4.78, 5) is 24.3. The molecule has 1 saturated carbocycles. The number of carbonyl (C=O) groups is 2. The van der Waals surface area contributed by atoms with Gasteiger partial charge in [-0.2, -0.15) is 13.2 Å². The number of amides is 2. The highest BCUT2D eigenvalue weighted by Crippen LogP contribution is 2.41. The normalized spacial score (nSPS) is 18.2. The fraction of sp³-hybridized carbons (Fsp3) is 0.333. The topological polar surface area (TPSA) is 67.4 Å². The molecule has 0 heterocycles. The molecule has 0 bridgehead atoms. The molecule has 2 amide bonds. The first kappa shape index (κ1) is 20.9. The van der Waals surface area contributed by atoms with Gasteiger partial charge in [0.1, 0.15) is 6.61 Å². The molecule has 0 aromatic heterocycles. The van der Waals surface area contributed by atoms with E-state index in [0.29, 0.717) is 6.61 Å². The zero-order valence-corrected chi connectivity index (χ0v) is 15.8. The van der Waals surface area contributed by atoms with Gasteiger partial charge in [-0.05, 0) is 37.1 Å². The van der Waals surface area contributed by atoms with Crippen molar-refractivity contribution < 1.29 is 27.5 Å². The molecule has 3 rings (SSSR count). The molecule has 29 heavy (non-hydrogen) atoms. The Labute approximate surface area is 166 Å². The smallest absolute Gasteiger partial charge is 0.372 e. The maximum Gasteiger partial charge on any atom is 0.416 e. The predicted molar refractivity (Wildman–Crippen MR) is 102 cm³/mol. The summed E-state index contributed by atoms with van der Waals surface area (Å²) < 4.78 is 44.7. The van der Waals surface area contributed by atoms with Crippen molar-refractivity contribution in [2.75, 3.05) is 18.5 Å². The fourth-order valence-corrected chi connectivity index (χ4v) is 3.06. The van der Waals surface area contributed by atoms with Gasteiger partial charge in [-0.15, -0.1) is 0 Å². The van der Waals surface area contributed by atoms with Gasteiger partial charge in [0.15, 0.2) is 0 Å². The maximum atomic E-state index is 13.2. The van der Waals surface area contributed by atoms with Crippen LogP contribution in [0, 0.1) is 0 Å². The largest absolute Gasteiger partial charge is 0.416 e. The van der Waals surface area contributed by atoms with E-state index in [-0.39, 0.29) is 29.8 Å². The number of anilines is 1. The highest BCUT2D eigenvalue weighted by Gasteiger charge is 2.40. The number of nitrogens with one attached hydrogen (secondary N) is 2. The SMILES string of the molecule is CCOCC(=O)Nc1cc(C(=O)N[C@@H]2C[C@H]2c2ccccc2)cc(C(F)(F)F)c1. The van der Waals surface area contributed by atoms with Gasteiger partial charge < -0.3 is 15.4 Å². The van der Waals surface area contributed by atoms with Crippen molar-refractivity contribution in [3.8, 4) is 0 Å². The highest BCUT2D eigenvalue weighted by molar-refractivity contribution is 5.98. The molecule has 1 aliphatic carbocycles. The molecule has 5 nitrogen and oxygen atoms in total. The van der Waals surface area contributed by atoms with E-state index in [9.17, 15) is 22.8 Å². The molecule has 0 radical (unpaired) electrons. The molecule has 0 saturated heterocycles. The first-order chi connectivity index (χ1) is 13.8. The average molecular weight is 406 g/mol. The molecule has 1 fully saturated rings. The zero-order chi connectivity index (χ0) is 21.0. The highest BCUT2D eigenvalue weighted by atomic mass is 19.4. The lowest BCUT2D eigenvalue weighted by Gasteiger charge is -2.13. The summed E-state index contributed by atoms with van der Waals surface area (Å²) in [5.41, 5.74) is -0.201. The van der Waals surface area contributed by atoms with Crippen molar-refractivity contribution in [3.63, 3.8) is 0 Å². The lowest BCUT2D eigenvalue weighted by atomic mass is 10.1. The number of carbonyl (C=O) groups excluding carboxylic acids is 2. The molecule has 2 aromatic carbocycles. The molecule has 2 atom stereocenters. The Bertz CT molecular complexity index is 884. The van der Waals surface area contributed by atoms with Gasteiger partial charge in [0.25, 0.3) is 5.91 Å². The first-order valence-corrected chi connectivity index (χ1v) is 9.23. The number of alkyl halides is 3. The summed E-state index contributed by atoms with van der Waals surface area (Å²) in [6.45, 7) is 1.71. The Kier molecular flexibility index (Phi) is 6.22. The van der Waals surface area contributed by atoms with Crippen LogP contribution in [-0.2, 0) is 15.7 Å². The molecule has 0 spiro atoms. The third-order valence-corrected chi connectivity index (χ3v) is 4.58. The van der Waals surface area contributed by atoms with Crippen LogP contribution in [0.1, 0.15) is 40.7 Å². The second-order valence-corrected chi connectivity index (χ2v) is 6.81. The van der Waals surface area contributed by atoms with Crippen LogP contribution in [0.25, 0.3) is 0 Å². The lowest BCUT2D eigenvalue weighted by molar-refractivity contribution is -0.137. The second kappa shape index (κ2) is 8.65. The van der Waals surface area contributed by atoms with E-state index in [1.54, 1.807) is 6.92 Å². The summed E-state index contributed by atoms with van der Waals surface area (Å²) in [7, 11) is 0. The Morgan fingerprint density at radius 1 is 1.14 bits per heavy atom. The van der Waals surface area contributed by atoms with Gasteiger partial charge in [0.2, 0.25) is 5.91 Å². The van der Waals surface area contributed by atoms with Crippen molar-refractivity contribution in [2.24, 2.45) is 0 Å². The lowest BCUT2D eigenvalue weighted by Crippen LogP contribution is -2.27. The van der Waals surface area contributed by atoms with Crippen molar-refractivity contribution in [1.82, 2.24) is 5.32 Å². The van der Waals surface area contributed by atoms with E-state index >= 15 is 0 Å². The maximum absolute atomic E-state index is 13.2. The number of benzene rings is 2. The minimum atomic E-state index is -4.65. The van der Waals surface area contributed by atoms with Gasteiger partial charge in [0, 0.05) is 29.8 Å². The zero-order valence-electron chi connectivity index (χ0n) is 15.8. The number of hydrogen-bond acceptors (Lipinski definition) is 3. The van der Waals surface area contributed by atoms with E-state index in [0.717, 1.165) is 24.1 Å². The minimum Gasteiger partial charge on any atom is -0.372 e. The van der Waals surface area contributed by atoms with E-state index in [1.165, 1.54) is 6.07 Å². The van der Waals surface area contributed by atoms with Gasteiger partial charge in [0.05, 0.1) is 5.56 Å². The van der Waals surface area contributed by atoms with Crippen molar-refractivity contribution >= 4 is 17.5 Å². The van der Waals surface area contributed by atoms with Crippen LogP contribution in [0.3, 0.4) is 0 Å². The third-order valence-electron chi connectivity index (χ3n) is 4.58. The molecule has 1 aliphatic rings. The molecular weight excluding hydrogens is 385 g/mol. The van der Waals surface area contributed by atoms with E-state index in [4.69, 9.17) is 4.74 Å². The van der Waals surface area contributed by atoms with Crippen LogP contribution in [-0.4, -0.2) is 31.1 Å². The average Bonchev–Trinajstić information content (AvgIpc) is 3.45. The molecule has 2 N–H and O–H groups in total. The summed E-state index contributed by atoms with van der Waals surface area (Å²) in [6, 6.07) is 12.3. The van der Waals surface area contributed by atoms with Gasteiger partial charge in [-0.1, -0.05) is 30.3 Å².